The Morgan fingerprint density at radius 3 is 2.47 bits per heavy atom. The van der Waals surface area contributed by atoms with E-state index < -0.39 is 30.0 Å². The molecule has 0 aliphatic heterocycles. The fraction of sp³-hybridized carbons (Fsp3) is 0.421. The summed E-state index contributed by atoms with van der Waals surface area (Å²) in [6.07, 6.45) is -2.72. The summed E-state index contributed by atoms with van der Waals surface area (Å²) in [4.78, 5) is 10.5. The van der Waals surface area contributed by atoms with E-state index in [1.54, 1.807) is 18.5 Å². The Bertz CT molecular complexity index is 995. The maximum Gasteiger partial charge on any atom is 0.394 e. The third-order valence-electron chi connectivity index (χ3n) is 5.42. The predicted octanol–water partition coefficient (Wildman–Crippen LogP) is 3.57. The van der Waals surface area contributed by atoms with Crippen LogP contribution in [0, 0.1) is 5.41 Å². The molecule has 1 unspecified atom stereocenters. The summed E-state index contributed by atoms with van der Waals surface area (Å²) in [6.45, 7) is 0. The summed E-state index contributed by atoms with van der Waals surface area (Å²) >= 11 is 0. The van der Waals surface area contributed by atoms with Crippen molar-refractivity contribution in [2.45, 2.75) is 43.9 Å². The Morgan fingerprint density at radius 1 is 1.17 bits per heavy atom. The van der Waals surface area contributed by atoms with Crippen LogP contribution in [0.4, 0.5) is 22.0 Å². The number of imidazole rings is 1. The van der Waals surface area contributed by atoms with Crippen molar-refractivity contribution >= 4 is 0 Å². The smallest absolute Gasteiger partial charge is 0.377 e. The Hall–Kier alpha value is -2.82. The van der Waals surface area contributed by atoms with Gasteiger partial charge in [-0.15, -0.1) is 0 Å². The molecule has 4 rings (SSSR count). The lowest BCUT2D eigenvalue weighted by molar-refractivity contribution is -0.186. The molecule has 30 heavy (non-hydrogen) atoms. The normalized spacial score (nSPS) is 17.8. The van der Waals surface area contributed by atoms with Crippen molar-refractivity contribution in [1.29, 1.82) is 0 Å². The van der Waals surface area contributed by atoms with E-state index in [-0.39, 0.29) is 36.5 Å². The molecule has 3 heterocycles. The van der Waals surface area contributed by atoms with Gasteiger partial charge in [0.2, 0.25) is 0 Å². The number of aliphatic hydroxyl groups is 1. The molecule has 0 amide bonds. The SMILES string of the molecule is OC(Cc1ncc(CC2(C(F)(F)F)CC2)[nH]1)(c1ccc(-n2cccn2)cn1)C(F)F. The second-order valence-corrected chi connectivity index (χ2v) is 7.56. The van der Waals surface area contributed by atoms with Gasteiger partial charge in [0.15, 0.2) is 5.60 Å². The predicted molar refractivity (Wildman–Crippen MR) is 95.0 cm³/mol. The van der Waals surface area contributed by atoms with Gasteiger partial charge in [-0.05, 0) is 31.0 Å². The number of hydrogen-bond acceptors (Lipinski definition) is 4. The first kappa shape index (κ1) is 20.5. The maximum absolute atomic E-state index is 13.8. The summed E-state index contributed by atoms with van der Waals surface area (Å²) in [6, 6.07) is 4.43. The Labute approximate surface area is 167 Å². The average molecular weight is 427 g/mol. The molecule has 160 valence electrons. The third kappa shape index (κ3) is 3.69. The molecule has 2 N–H and O–H groups in total. The fourth-order valence-electron chi connectivity index (χ4n) is 3.40. The number of nitrogens with zero attached hydrogens (tertiary/aromatic N) is 4. The third-order valence-corrected chi connectivity index (χ3v) is 5.42. The topological polar surface area (TPSA) is 79.6 Å². The zero-order valence-corrected chi connectivity index (χ0v) is 15.6. The van der Waals surface area contributed by atoms with Crippen LogP contribution in [-0.4, -0.2) is 42.4 Å². The highest BCUT2D eigenvalue weighted by Gasteiger charge is 2.63. The molecule has 1 atom stereocenters. The Kier molecular flexibility index (Phi) is 4.88. The van der Waals surface area contributed by atoms with Crippen LogP contribution in [0.25, 0.3) is 5.69 Å². The molecule has 0 spiro atoms. The quantitative estimate of drug-likeness (QED) is 0.565. The molecule has 0 saturated heterocycles. The van der Waals surface area contributed by atoms with Crippen molar-refractivity contribution < 1.29 is 27.1 Å². The number of aromatic amines is 1. The minimum Gasteiger partial charge on any atom is -0.377 e. The average Bonchev–Trinajstić information content (AvgIpc) is 3.10. The van der Waals surface area contributed by atoms with E-state index in [1.165, 1.54) is 29.2 Å². The molecule has 0 aromatic carbocycles. The Balaban J connectivity index is 1.53. The minimum atomic E-state index is -4.33. The van der Waals surface area contributed by atoms with Gasteiger partial charge in [0.25, 0.3) is 6.43 Å². The lowest BCUT2D eigenvalue weighted by Gasteiger charge is -2.26. The molecule has 11 heteroatoms. The first-order chi connectivity index (χ1) is 14.1. The van der Waals surface area contributed by atoms with Gasteiger partial charge < -0.3 is 10.1 Å². The van der Waals surface area contributed by atoms with Gasteiger partial charge in [0.05, 0.1) is 23.0 Å². The molecule has 1 saturated carbocycles. The molecule has 1 aliphatic carbocycles. The molecule has 0 bridgehead atoms. The van der Waals surface area contributed by atoms with E-state index in [1.807, 2.05) is 0 Å². The number of alkyl halides is 5. The zero-order valence-electron chi connectivity index (χ0n) is 15.6. The summed E-state index contributed by atoms with van der Waals surface area (Å²) in [5.74, 6) is -0.0382. The van der Waals surface area contributed by atoms with Crippen molar-refractivity contribution in [2.24, 2.45) is 5.41 Å². The van der Waals surface area contributed by atoms with Gasteiger partial charge >= 0.3 is 6.18 Å². The summed E-state index contributed by atoms with van der Waals surface area (Å²) < 4.78 is 68.4. The highest BCUT2D eigenvalue weighted by atomic mass is 19.4. The van der Waals surface area contributed by atoms with Crippen LogP contribution in [0.1, 0.15) is 30.1 Å². The lowest BCUT2D eigenvalue weighted by Crippen LogP contribution is -2.38. The molecule has 6 nitrogen and oxygen atoms in total. The van der Waals surface area contributed by atoms with E-state index in [0.29, 0.717) is 5.69 Å². The standard InChI is InChI=1S/C19H18F5N5O/c20-16(21)18(30,14-3-2-13(11-25-14)29-7-1-6-27-29)9-15-26-10-12(28-15)8-17(4-5-17)19(22,23)24/h1-3,6-7,10-11,16,30H,4-5,8-9H2,(H,26,28). The first-order valence-corrected chi connectivity index (χ1v) is 9.20. The van der Waals surface area contributed by atoms with Crippen LogP contribution in [0.3, 0.4) is 0 Å². The van der Waals surface area contributed by atoms with E-state index in [9.17, 15) is 27.1 Å². The van der Waals surface area contributed by atoms with Crippen LogP contribution in [0.15, 0.2) is 43.0 Å². The zero-order chi connectivity index (χ0) is 21.6. The fourth-order valence-corrected chi connectivity index (χ4v) is 3.40. The van der Waals surface area contributed by atoms with Crippen molar-refractivity contribution in [3.05, 3.63) is 60.2 Å². The molecule has 1 aliphatic rings. The number of pyridine rings is 1. The number of hydrogen-bond donors (Lipinski definition) is 2. The van der Waals surface area contributed by atoms with Gasteiger partial charge in [-0.3, -0.25) is 4.98 Å². The number of aromatic nitrogens is 5. The summed E-state index contributed by atoms with van der Waals surface area (Å²) in [5, 5.41) is 14.6. The van der Waals surface area contributed by atoms with Crippen molar-refractivity contribution in [3.63, 3.8) is 0 Å². The molecule has 0 radical (unpaired) electrons. The lowest BCUT2D eigenvalue weighted by atomic mass is 9.95. The second-order valence-electron chi connectivity index (χ2n) is 7.56. The maximum atomic E-state index is 13.8. The molecular weight excluding hydrogens is 409 g/mol. The van der Waals surface area contributed by atoms with Crippen LogP contribution >= 0.6 is 0 Å². The van der Waals surface area contributed by atoms with Crippen molar-refractivity contribution in [2.75, 3.05) is 0 Å². The van der Waals surface area contributed by atoms with Crippen LogP contribution < -0.4 is 0 Å². The highest BCUT2D eigenvalue weighted by molar-refractivity contribution is 5.31. The summed E-state index contributed by atoms with van der Waals surface area (Å²) in [7, 11) is 0. The Morgan fingerprint density at radius 2 is 1.93 bits per heavy atom. The first-order valence-electron chi connectivity index (χ1n) is 9.20. The largest absolute Gasteiger partial charge is 0.394 e. The molecule has 1 fully saturated rings. The number of rotatable bonds is 7. The van der Waals surface area contributed by atoms with E-state index in [4.69, 9.17) is 0 Å². The van der Waals surface area contributed by atoms with Crippen LogP contribution in [0.5, 0.6) is 0 Å². The van der Waals surface area contributed by atoms with Gasteiger partial charge in [-0.1, -0.05) is 0 Å². The number of halogens is 5. The molecule has 3 aromatic heterocycles. The van der Waals surface area contributed by atoms with Gasteiger partial charge in [-0.2, -0.15) is 18.3 Å². The highest BCUT2D eigenvalue weighted by Crippen LogP contribution is 2.59. The molecular formula is C19H18F5N5O. The monoisotopic (exact) mass is 427 g/mol. The van der Waals surface area contributed by atoms with Gasteiger partial charge in [0, 0.05) is 37.1 Å². The van der Waals surface area contributed by atoms with E-state index in [2.05, 4.69) is 20.1 Å². The van der Waals surface area contributed by atoms with Crippen LogP contribution in [-0.2, 0) is 18.4 Å². The van der Waals surface area contributed by atoms with Crippen molar-refractivity contribution in [1.82, 2.24) is 24.7 Å². The molecule has 3 aromatic rings. The minimum absolute atomic E-state index is 0.0261. The number of nitrogens with one attached hydrogen (secondary N) is 1. The van der Waals surface area contributed by atoms with E-state index in [0.717, 1.165) is 0 Å². The van der Waals surface area contributed by atoms with E-state index >= 15 is 0 Å². The van der Waals surface area contributed by atoms with Crippen molar-refractivity contribution in [3.8, 4) is 5.69 Å². The van der Waals surface area contributed by atoms with Gasteiger partial charge in [-0.25, -0.2) is 18.4 Å². The number of H-pyrrole nitrogens is 1. The second kappa shape index (κ2) is 7.15. The van der Waals surface area contributed by atoms with Gasteiger partial charge in [0.1, 0.15) is 5.82 Å². The van der Waals surface area contributed by atoms with Crippen LogP contribution in [0.2, 0.25) is 0 Å². The summed E-state index contributed by atoms with van der Waals surface area (Å²) in [5.41, 5.74) is -4.00.